The lowest BCUT2D eigenvalue weighted by atomic mass is 10.4. The van der Waals surface area contributed by atoms with E-state index in [1.54, 1.807) is 6.08 Å². The van der Waals surface area contributed by atoms with Crippen molar-refractivity contribution in [1.29, 1.82) is 0 Å². The van der Waals surface area contributed by atoms with E-state index in [1.165, 1.54) is 10.9 Å². The number of amides is 1. The highest BCUT2D eigenvalue weighted by Crippen LogP contribution is 2.14. The summed E-state index contributed by atoms with van der Waals surface area (Å²) in [4.78, 5) is 30.2. The van der Waals surface area contributed by atoms with E-state index in [0.29, 0.717) is 22.7 Å². The van der Waals surface area contributed by atoms with Crippen molar-refractivity contribution >= 4 is 28.7 Å². The van der Waals surface area contributed by atoms with Gasteiger partial charge in [-0.2, -0.15) is 5.10 Å². The number of rotatable bonds is 7. The third kappa shape index (κ3) is 3.70. The Kier molecular flexibility index (Phi) is 5.12. The molecule has 9 heteroatoms. The normalized spacial score (nSPS) is 10.7. The number of fused-ring (bicyclic) bond motifs is 1. The smallest absolute Gasteiger partial charge is 0.262 e. The Balaban J connectivity index is 2.17. The van der Waals surface area contributed by atoms with Crippen molar-refractivity contribution in [2.75, 3.05) is 18.9 Å². The van der Waals surface area contributed by atoms with Gasteiger partial charge in [-0.15, -0.1) is 6.58 Å². The summed E-state index contributed by atoms with van der Waals surface area (Å²) in [7, 11) is 0. The summed E-state index contributed by atoms with van der Waals surface area (Å²) in [5, 5.41) is 16.3. The number of H-pyrrole nitrogens is 1. The predicted octanol–water partition coefficient (Wildman–Crippen LogP) is -0.494. The van der Waals surface area contributed by atoms with Crippen LogP contribution in [-0.2, 0) is 11.3 Å². The van der Waals surface area contributed by atoms with Crippen LogP contribution in [0.5, 0.6) is 0 Å². The molecule has 112 valence electrons. The van der Waals surface area contributed by atoms with Crippen molar-refractivity contribution in [3.8, 4) is 0 Å². The van der Waals surface area contributed by atoms with Gasteiger partial charge in [0.05, 0.1) is 25.1 Å². The number of carbonyl (C=O) groups is 1. The van der Waals surface area contributed by atoms with Crippen LogP contribution < -0.4 is 10.9 Å². The third-order valence-electron chi connectivity index (χ3n) is 2.58. The molecule has 0 aromatic carbocycles. The topological polar surface area (TPSA) is 113 Å². The molecular formula is C12H15N5O3S. The number of nitrogens with one attached hydrogen (secondary N) is 2. The van der Waals surface area contributed by atoms with Crippen LogP contribution in [0.3, 0.4) is 0 Å². The van der Waals surface area contributed by atoms with Crippen LogP contribution in [-0.4, -0.2) is 49.7 Å². The number of aliphatic hydroxyl groups is 1. The van der Waals surface area contributed by atoms with Crippen molar-refractivity contribution in [3.05, 3.63) is 29.2 Å². The molecule has 2 aromatic rings. The maximum atomic E-state index is 11.9. The van der Waals surface area contributed by atoms with Crippen LogP contribution in [0, 0.1) is 0 Å². The molecule has 0 spiro atoms. The summed E-state index contributed by atoms with van der Waals surface area (Å²) in [6.45, 7) is 4.06. The van der Waals surface area contributed by atoms with Crippen molar-refractivity contribution in [2.45, 2.75) is 11.7 Å². The van der Waals surface area contributed by atoms with Gasteiger partial charge < -0.3 is 15.4 Å². The number of hydrogen-bond donors (Lipinski definition) is 3. The molecule has 0 atom stereocenters. The number of aromatic nitrogens is 4. The molecule has 0 saturated heterocycles. The molecule has 2 rings (SSSR count). The van der Waals surface area contributed by atoms with E-state index in [4.69, 9.17) is 5.11 Å². The first-order chi connectivity index (χ1) is 10.2. The predicted molar refractivity (Wildman–Crippen MR) is 79.2 cm³/mol. The minimum atomic E-state index is -0.321. The molecule has 0 unspecified atom stereocenters. The molecule has 21 heavy (non-hydrogen) atoms. The second kappa shape index (κ2) is 7.04. The van der Waals surface area contributed by atoms with E-state index in [1.807, 2.05) is 0 Å². The highest BCUT2D eigenvalue weighted by molar-refractivity contribution is 7.99. The Morgan fingerprint density at radius 1 is 1.62 bits per heavy atom. The van der Waals surface area contributed by atoms with E-state index in [-0.39, 0.29) is 30.4 Å². The van der Waals surface area contributed by atoms with Gasteiger partial charge in [0.25, 0.3) is 5.56 Å². The van der Waals surface area contributed by atoms with E-state index in [2.05, 4.69) is 27.0 Å². The first kappa shape index (κ1) is 15.3. The number of carbonyl (C=O) groups excluding carboxylic acids is 1. The quantitative estimate of drug-likeness (QED) is 0.361. The lowest BCUT2D eigenvalue weighted by Crippen LogP contribution is -2.25. The lowest BCUT2D eigenvalue weighted by Gasteiger charge is -2.03. The Labute approximate surface area is 124 Å². The Bertz CT molecular complexity index is 708. The van der Waals surface area contributed by atoms with E-state index >= 15 is 0 Å². The molecule has 0 aliphatic rings. The van der Waals surface area contributed by atoms with Gasteiger partial charge in [0.15, 0.2) is 10.8 Å². The van der Waals surface area contributed by atoms with Gasteiger partial charge in [-0.1, -0.05) is 17.8 Å². The molecular weight excluding hydrogens is 294 g/mol. The van der Waals surface area contributed by atoms with Crippen LogP contribution >= 0.6 is 11.8 Å². The van der Waals surface area contributed by atoms with Crippen LogP contribution in [0.25, 0.3) is 11.0 Å². The zero-order valence-corrected chi connectivity index (χ0v) is 12.0. The summed E-state index contributed by atoms with van der Waals surface area (Å²) < 4.78 is 1.45. The van der Waals surface area contributed by atoms with Gasteiger partial charge in [0.2, 0.25) is 5.91 Å². The van der Waals surface area contributed by atoms with Gasteiger partial charge in [-0.3, -0.25) is 9.59 Å². The Hall–Kier alpha value is -2.13. The van der Waals surface area contributed by atoms with E-state index < -0.39 is 0 Å². The summed E-state index contributed by atoms with van der Waals surface area (Å²) in [6.07, 6.45) is 2.99. The minimum absolute atomic E-state index is 0.0995. The summed E-state index contributed by atoms with van der Waals surface area (Å²) >= 11 is 1.12. The van der Waals surface area contributed by atoms with Gasteiger partial charge in [-0.05, 0) is 0 Å². The number of thioether (sulfide) groups is 1. The second-order valence-corrected chi connectivity index (χ2v) is 5.05. The van der Waals surface area contributed by atoms with Crippen LogP contribution in [0.4, 0.5) is 0 Å². The Morgan fingerprint density at radius 3 is 3.14 bits per heavy atom. The summed E-state index contributed by atoms with van der Waals surface area (Å²) in [6, 6.07) is 0. The maximum absolute atomic E-state index is 11.9. The first-order valence-corrected chi connectivity index (χ1v) is 7.21. The van der Waals surface area contributed by atoms with Crippen molar-refractivity contribution < 1.29 is 9.90 Å². The number of aromatic amines is 1. The highest BCUT2D eigenvalue weighted by Gasteiger charge is 2.11. The maximum Gasteiger partial charge on any atom is 0.262 e. The summed E-state index contributed by atoms with van der Waals surface area (Å²) in [5.41, 5.74) is 0.0694. The summed E-state index contributed by atoms with van der Waals surface area (Å²) in [5.74, 6) is -0.0392. The Morgan fingerprint density at radius 2 is 2.43 bits per heavy atom. The van der Waals surface area contributed by atoms with Crippen molar-refractivity contribution in [1.82, 2.24) is 25.1 Å². The molecule has 2 heterocycles. The molecule has 2 aromatic heterocycles. The van der Waals surface area contributed by atoms with E-state index in [0.717, 1.165) is 11.8 Å². The standard InChI is InChI=1S/C12H15N5O3S/c1-2-3-13-9(19)7-21-12-15-10-8(11(20)16-12)6-14-17(10)4-5-18/h2,6,18H,1,3-5,7H2,(H,13,19)(H,15,16,20). The average molecular weight is 309 g/mol. The molecule has 0 radical (unpaired) electrons. The number of aliphatic hydroxyl groups excluding tert-OH is 1. The third-order valence-corrected chi connectivity index (χ3v) is 3.45. The fraction of sp³-hybridized carbons (Fsp3) is 0.333. The lowest BCUT2D eigenvalue weighted by molar-refractivity contribution is -0.118. The fourth-order valence-corrected chi connectivity index (χ4v) is 2.33. The van der Waals surface area contributed by atoms with Gasteiger partial charge in [0.1, 0.15) is 5.39 Å². The largest absolute Gasteiger partial charge is 0.394 e. The van der Waals surface area contributed by atoms with Gasteiger partial charge >= 0.3 is 0 Å². The molecule has 1 amide bonds. The first-order valence-electron chi connectivity index (χ1n) is 6.22. The van der Waals surface area contributed by atoms with Crippen molar-refractivity contribution in [3.63, 3.8) is 0 Å². The molecule has 0 saturated carbocycles. The SMILES string of the molecule is C=CCNC(=O)CSc1nc2c(cnn2CCO)c(=O)[nH]1. The number of hydrogen-bond acceptors (Lipinski definition) is 6. The average Bonchev–Trinajstić information content (AvgIpc) is 2.87. The van der Waals surface area contributed by atoms with Gasteiger partial charge in [0, 0.05) is 6.54 Å². The van der Waals surface area contributed by atoms with Crippen LogP contribution in [0.1, 0.15) is 0 Å². The zero-order chi connectivity index (χ0) is 15.2. The molecule has 0 aliphatic carbocycles. The number of nitrogens with zero attached hydrogens (tertiary/aromatic N) is 3. The van der Waals surface area contributed by atoms with E-state index in [9.17, 15) is 9.59 Å². The van der Waals surface area contributed by atoms with Gasteiger partial charge in [-0.25, -0.2) is 9.67 Å². The molecule has 0 fully saturated rings. The van der Waals surface area contributed by atoms with Crippen LogP contribution in [0.15, 0.2) is 28.8 Å². The highest BCUT2D eigenvalue weighted by atomic mass is 32.2. The minimum Gasteiger partial charge on any atom is -0.394 e. The molecule has 0 bridgehead atoms. The van der Waals surface area contributed by atoms with Crippen LogP contribution in [0.2, 0.25) is 0 Å². The monoisotopic (exact) mass is 309 g/mol. The molecule has 3 N–H and O–H groups in total. The zero-order valence-electron chi connectivity index (χ0n) is 11.2. The second-order valence-electron chi connectivity index (χ2n) is 4.08. The molecule has 0 aliphatic heterocycles. The molecule has 8 nitrogen and oxygen atoms in total. The van der Waals surface area contributed by atoms with Crippen molar-refractivity contribution in [2.24, 2.45) is 0 Å². The fourth-order valence-electron chi connectivity index (χ4n) is 1.64.